The molecule has 0 aromatic heterocycles. The lowest BCUT2D eigenvalue weighted by Crippen LogP contribution is -2.95. The number of hydrogen-bond donors (Lipinski definition) is 4. The number of nitrogens with zero attached hydrogens (tertiary/aromatic N) is 2. The third kappa shape index (κ3) is 4.92. The number of carbonyl (C=O) groups is 1. The van der Waals surface area contributed by atoms with Gasteiger partial charge in [-0.2, -0.15) is 0 Å². The number of aliphatic hydroxyl groups excluding tert-OH is 2. The predicted octanol–water partition coefficient (Wildman–Crippen LogP) is -2.54. The van der Waals surface area contributed by atoms with Crippen molar-refractivity contribution in [3.63, 3.8) is 0 Å². The number of nitrogens with one attached hydrogen (secondary N) is 1. The van der Waals surface area contributed by atoms with Gasteiger partial charge in [0.15, 0.2) is 0 Å². The minimum Gasteiger partial charge on any atom is -0.394 e. The molecule has 9 heteroatoms. The number of aliphatic hydroxyl groups is 2. The van der Waals surface area contributed by atoms with Gasteiger partial charge in [0, 0.05) is 45.8 Å². The minimum absolute atomic E-state index is 0.107. The van der Waals surface area contributed by atoms with Crippen molar-refractivity contribution in [1.29, 1.82) is 0 Å². The fourth-order valence-electron chi connectivity index (χ4n) is 5.32. The Kier molecular flexibility index (Phi) is 7.39. The van der Waals surface area contributed by atoms with E-state index in [1.54, 1.807) is 0 Å². The monoisotopic (exact) mass is 413 g/mol. The Hall–Kier alpha value is -0.810. The summed E-state index contributed by atoms with van der Waals surface area (Å²) in [6.07, 6.45) is 4.06. The van der Waals surface area contributed by atoms with Crippen LogP contribution in [0.4, 0.5) is 0 Å². The van der Waals surface area contributed by atoms with Crippen LogP contribution in [0, 0.1) is 0 Å². The summed E-state index contributed by atoms with van der Waals surface area (Å²) in [6, 6.07) is -0.213. The largest absolute Gasteiger partial charge is 0.394 e. The number of ether oxygens (including phenoxy) is 2. The summed E-state index contributed by atoms with van der Waals surface area (Å²) >= 11 is 0. The maximum absolute atomic E-state index is 12.3. The Morgan fingerprint density at radius 1 is 1.07 bits per heavy atom. The zero-order valence-corrected chi connectivity index (χ0v) is 17.2. The van der Waals surface area contributed by atoms with Crippen LogP contribution in [-0.4, -0.2) is 115 Å². The van der Waals surface area contributed by atoms with E-state index in [1.807, 2.05) is 0 Å². The van der Waals surface area contributed by atoms with Gasteiger partial charge in [0.05, 0.1) is 25.3 Å². The zero-order chi connectivity index (χ0) is 20.2. The van der Waals surface area contributed by atoms with Crippen LogP contribution in [0.2, 0.25) is 0 Å². The summed E-state index contributed by atoms with van der Waals surface area (Å²) < 4.78 is 11.4. The van der Waals surface area contributed by atoms with Gasteiger partial charge >= 0.3 is 0 Å². The van der Waals surface area contributed by atoms with Gasteiger partial charge in [0.2, 0.25) is 5.91 Å². The number of nitrogens with two attached hydrogens (primary N) is 1. The molecule has 29 heavy (non-hydrogen) atoms. The normalized spacial score (nSPS) is 39.7. The highest BCUT2D eigenvalue weighted by Crippen LogP contribution is 2.27. The smallest absolute Gasteiger partial charge is 0.249 e. The van der Waals surface area contributed by atoms with Crippen molar-refractivity contribution in [2.24, 2.45) is 0 Å². The predicted molar refractivity (Wildman–Crippen MR) is 105 cm³/mol. The summed E-state index contributed by atoms with van der Waals surface area (Å²) in [4.78, 5) is 17.1. The second-order valence-corrected chi connectivity index (χ2v) is 8.78. The molecule has 0 saturated carbocycles. The summed E-state index contributed by atoms with van der Waals surface area (Å²) in [5.74, 6) is -0.107. The van der Waals surface area contributed by atoms with E-state index in [0.717, 1.165) is 39.0 Å². The number of piperidine rings is 1. The molecule has 0 bridgehead atoms. The molecule has 0 aliphatic carbocycles. The lowest BCUT2D eigenvalue weighted by Gasteiger charge is -2.42. The highest BCUT2D eigenvalue weighted by Gasteiger charge is 2.47. The van der Waals surface area contributed by atoms with E-state index in [-0.39, 0.29) is 30.8 Å². The second kappa shape index (κ2) is 10.00. The van der Waals surface area contributed by atoms with Gasteiger partial charge < -0.3 is 30.3 Å². The van der Waals surface area contributed by atoms with Crippen LogP contribution in [-0.2, 0) is 14.3 Å². The quantitative estimate of drug-likeness (QED) is 0.380. The van der Waals surface area contributed by atoms with E-state index < -0.39 is 12.2 Å². The Balaban J connectivity index is 1.32. The van der Waals surface area contributed by atoms with Gasteiger partial charge in [-0.15, -0.1) is 0 Å². The minimum atomic E-state index is -0.752. The first-order valence-electron chi connectivity index (χ1n) is 11.3. The molecule has 4 fully saturated rings. The first-order valence-corrected chi connectivity index (χ1v) is 11.3. The van der Waals surface area contributed by atoms with E-state index in [2.05, 4.69) is 20.4 Å². The Morgan fingerprint density at radius 3 is 2.52 bits per heavy atom. The van der Waals surface area contributed by atoms with E-state index in [4.69, 9.17) is 9.47 Å². The van der Waals surface area contributed by atoms with Gasteiger partial charge in [0.1, 0.15) is 24.5 Å². The third-order valence-electron chi connectivity index (χ3n) is 6.97. The lowest BCUT2D eigenvalue weighted by molar-refractivity contribution is -0.717. The molecule has 0 spiro atoms. The summed E-state index contributed by atoms with van der Waals surface area (Å²) in [6.45, 7) is 5.64. The average molecular weight is 414 g/mol. The number of carbonyl (C=O) groups excluding carboxylic acids is 1. The Morgan fingerprint density at radius 2 is 1.86 bits per heavy atom. The molecule has 6 atom stereocenters. The molecule has 166 valence electrons. The molecule has 4 heterocycles. The van der Waals surface area contributed by atoms with E-state index in [1.165, 1.54) is 25.8 Å². The SMILES string of the molecule is O=C(NC[C@H]1O[C@@H](CO)[C@@H](O)[C@@H]1N1CCN(C2CCCC[NH2+]2)CC1)C1CCCO1. The van der Waals surface area contributed by atoms with Crippen molar-refractivity contribution >= 4 is 5.91 Å². The molecule has 1 amide bonds. The van der Waals surface area contributed by atoms with Crippen LogP contribution >= 0.6 is 0 Å². The fraction of sp³-hybridized carbons (Fsp3) is 0.950. The summed E-state index contributed by atoms with van der Waals surface area (Å²) in [5.41, 5.74) is 0. The molecule has 2 unspecified atom stereocenters. The van der Waals surface area contributed by atoms with Gasteiger partial charge in [-0.3, -0.25) is 14.6 Å². The number of amides is 1. The van der Waals surface area contributed by atoms with Crippen molar-refractivity contribution < 1.29 is 29.8 Å². The molecule has 5 N–H and O–H groups in total. The Bertz CT molecular complexity index is 533. The van der Waals surface area contributed by atoms with Gasteiger partial charge in [-0.25, -0.2) is 0 Å². The topological polar surface area (TPSA) is 111 Å². The van der Waals surface area contributed by atoms with Crippen LogP contribution in [0.3, 0.4) is 0 Å². The first kappa shape index (κ1) is 21.4. The van der Waals surface area contributed by atoms with Crippen molar-refractivity contribution in [3.05, 3.63) is 0 Å². The molecular weight excluding hydrogens is 376 g/mol. The molecule has 0 radical (unpaired) electrons. The number of piperazine rings is 1. The highest BCUT2D eigenvalue weighted by molar-refractivity contribution is 5.80. The molecule has 4 aliphatic heterocycles. The molecule has 4 rings (SSSR count). The Labute approximate surface area is 172 Å². The summed E-state index contributed by atoms with van der Waals surface area (Å²) in [5, 5.41) is 25.8. The van der Waals surface area contributed by atoms with E-state index in [9.17, 15) is 15.0 Å². The van der Waals surface area contributed by atoms with Gasteiger partial charge in [-0.1, -0.05) is 0 Å². The molecule has 4 aliphatic rings. The van der Waals surface area contributed by atoms with Crippen molar-refractivity contribution in [2.45, 2.75) is 68.7 Å². The van der Waals surface area contributed by atoms with E-state index in [0.29, 0.717) is 19.3 Å². The number of hydrogen-bond acceptors (Lipinski definition) is 7. The standard InChI is InChI=1S/C20H36N4O5/c25-13-16-19(26)18(15(29-16)12-22-20(27)14-4-3-11-28-14)24-9-7-23(8-10-24)17-5-1-2-6-21-17/h14-19,21,25-26H,1-13H2,(H,22,27)/p+1/t14?,15-,16+,17?,18-,19-/m1/s1. The summed E-state index contributed by atoms with van der Waals surface area (Å²) in [7, 11) is 0. The van der Waals surface area contributed by atoms with Crippen molar-refractivity contribution in [2.75, 3.05) is 52.5 Å². The van der Waals surface area contributed by atoms with Crippen LogP contribution < -0.4 is 10.6 Å². The van der Waals surface area contributed by atoms with Crippen LogP contribution in [0.25, 0.3) is 0 Å². The van der Waals surface area contributed by atoms with Crippen molar-refractivity contribution in [1.82, 2.24) is 15.1 Å². The van der Waals surface area contributed by atoms with Crippen molar-refractivity contribution in [3.8, 4) is 0 Å². The maximum Gasteiger partial charge on any atom is 0.249 e. The molecule has 4 saturated heterocycles. The second-order valence-electron chi connectivity index (χ2n) is 8.78. The van der Waals surface area contributed by atoms with Gasteiger partial charge in [-0.05, 0) is 25.7 Å². The molecular formula is C20H37N4O5+. The number of quaternary nitrogens is 1. The van der Waals surface area contributed by atoms with Crippen LogP contribution in [0.5, 0.6) is 0 Å². The van der Waals surface area contributed by atoms with E-state index >= 15 is 0 Å². The molecule has 9 nitrogen and oxygen atoms in total. The first-order chi connectivity index (χ1) is 14.2. The number of rotatable bonds is 6. The lowest BCUT2D eigenvalue weighted by atomic mass is 10.0. The molecule has 0 aromatic carbocycles. The third-order valence-corrected chi connectivity index (χ3v) is 6.97. The fourth-order valence-corrected chi connectivity index (χ4v) is 5.32. The average Bonchev–Trinajstić information content (AvgIpc) is 3.41. The van der Waals surface area contributed by atoms with Gasteiger partial charge in [0.25, 0.3) is 0 Å². The van der Waals surface area contributed by atoms with Crippen LogP contribution in [0.15, 0.2) is 0 Å². The highest BCUT2D eigenvalue weighted by atomic mass is 16.5. The molecule has 0 aromatic rings. The van der Waals surface area contributed by atoms with Crippen LogP contribution in [0.1, 0.15) is 32.1 Å². The maximum atomic E-state index is 12.3. The zero-order valence-electron chi connectivity index (χ0n) is 17.2.